The second kappa shape index (κ2) is 11.3. The van der Waals surface area contributed by atoms with Gasteiger partial charge in [-0.3, -0.25) is 0 Å². The number of carboxylic acid groups (broad SMARTS) is 1. The number of para-hydroxylation sites is 1. The quantitative estimate of drug-likeness (QED) is 0.309. The van der Waals surface area contributed by atoms with Gasteiger partial charge in [-0.15, -0.1) is 11.8 Å². The fourth-order valence-electron chi connectivity index (χ4n) is 4.62. The van der Waals surface area contributed by atoms with Gasteiger partial charge in [0.25, 0.3) is 0 Å². The van der Waals surface area contributed by atoms with E-state index in [9.17, 15) is 40.3 Å². The van der Waals surface area contributed by atoms with Crippen LogP contribution in [0.4, 0.5) is 33.3 Å². The topological polar surface area (TPSA) is 87.2 Å². The number of anilines is 2. The SMILES string of the molecule is CN1[C@H](CCC(C)(F)F)CN(c2ccccc2)c2cc(SC3CC(F)(F)C3)c(OC[C@](C)(F)C(=O)O)cc2S1(=O)=O. The molecule has 0 unspecified atom stereocenters. The highest BCUT2D eigenvalue weighted by atomic mass is 32.2. The molecule has 1 saturated carbocycles. The summed E-state index contributed by atoms with van der Waals surface area (Å²) >= 11 is 1.00. The Kier molecular flexibility index (Phi) is 8.60. The Hall–Kier alpha value is -2.58. The molecule has 1 N–H and O–H groups in total. The number of hydrogen-bond donors (Lipinski definition) is 1. The van der Waals surface area contributed by atoms with Gasteiger partial charge in [0.1, 0.15) is 17.3 Å². The van der Waals surface area contributed by atoms with Crippen LogP contribution in [0.25, 0.3) is 0 Å². The number of likely N-dealkylation sites (N-methyl/N-ethyl adjacent to an activating group) is 1. The fraction of sp³-hybridized carbons (Fsp3) is 0.519. The van der Waals surface area contributed by atoms with Crippen LogP contribution in [0.5, 0.6) is 5.75 Å². The number of alkyl halides is 5. The van der Waals surface area contributed by atoms with Gasteiger partial charge in [0.2, 0.25) is 27.5 Å². The highest BCUT2D eigenvalue weighted by molar-refractivity contribution is 8.00. The third kappa shape index (κ3) is 7.08. The summed E-state index contributed by atoms with van der Waals surface area (Å²) in [5.74, 6) is -7.85. The molecule has 14 heteroatoms. The Morgan fingerprint density at radius 2 is 1.78 bits per heavy atom. The zero-order valence-corrected chi connectivity index (χ0v) is 24.3. The van der Waals surface area contributed by atoms with E-state index in [0.29, 0.717) is 5.69 Å². The van der Waals surface area contributed by atoms with Gasteiger partial charge in [0.15, 0.2) is 0 Å². The number of thioether (sulfide) groups is 1. The normalized spacial score (nSPS) is 22.2. The van der Waals surface area contributed by atoms with Crippen molar-refractivity contribution < 1.29 is 45.0 Å². The molecule has 2 atom stereocenters. The zero-order chi connectivity index (χ0) is 30.4. The van der Waals surface area contributed by atoms with Crippen molar-refractivity contribution in [2.24, 2.45) is 0 Å². The summed E-state index contributed by atoms with van der Waals surface area (Å²) in [5.41, 5.74) is -2.09. The maximum atomic E-state index is 14.6. The lowest BCUT2D eigenvalue weighted by molar-refractivity contribution is -0.151. The van der Waals surface area contributed by atoms with Crippen molar-refractivity contribution in [2.75, 3.05) is 25.1 Å². The first-order valence-corrected chi connectivity index (χ1v) is 15.2. The summed E-state index contributed by atoms with van der Waals surface area (Å²) in [7, 11) is -3.05. The molecular formula is C27H31F5N2O5S2. The molecule has 4 rings (SSSR count). The number of halogens is 5. The maximum Gasteiger partial charge on any atom is 0.344 e. The van der Waals surface area contributed by atoms with E-state index in [1.807, 2.05) is 0 Å². The third-order valence-electron chi connectivity index (χ3n) is 7.16. The molecular weight excluding hydrogens is 591 g/mol. The van der Waals surface area contributed by atoms with Crippen molar-refractivity contribution in [1.29, 1.82) is 0 Å². The number of carboxylic acids is 1. The van der Waals surface area contributed by atoms with Crippen molar-refractivity contribution in [1.82, 2.24) is 4.31 Å². The van der Waals surface area contributed by atoms with Crippen LogP contribution in [-0.2, 0) is 14.8 Å². The molecule has 7 nitrogen and oxygen atoms in total. The van der Waals surface area contributed by atoms with Gasteiger partial charge in [-0.25, -0.2) is 35.2 Å². The standard InChI is InChI=1S/C27H31F5N2O5S2/c1-25(28,24(35)36)16-39-21-12-23-20(11-22(21)40-19-13-27(31,32)14-19)34(17-7-5-4-6-8-17)15-18(9-10-26(2,29)30)33(3)41(23,37)38/h4-8,11-12,18-19H,9-10,13-16H2,1-3H3,(H,35,36)/t18-,25+/m1/s1. The molecule has 0 aromatic heterocycles. The fourth-order valence-corrected chi connectivity index (χ4v) is 7.61. The summed E-state index contributed by atoms with van der Waals surface area (Å²) in [6.07, 6.45) is -1.58. The van der Waals surface area contributed by atoms with Crippen LogP contribution in [0.3, 0.4) is 0 Å². The lowest BCUT2D eigenvalue weighted by Gasteiger charge is -2.35. The van der Waals surface area contributed by atoms with Crippen LogP contribution >= 0.6 is 11.8 Å². The number of sulfonamides is 1. The molecule has 0 spiro atoms. The minimum atomic E-state index is -4.34. The van der Waals surface area contributed by atoms with E-state index < -0.39 is 70.7 Å². The Morgan fingerprint density at radius 1 is 1.15 bits per heavy atom. The van der Waals surface area contributed by atoms with Crippen molar-refractivity contribution >= 4 is 39.1 Å². The number of nitrogens with zero attached hydrogens (tertiary/aromatic N) is 2. The molecule has 0 saturated heterocycles. The van der Waals surface area contributed by atoms with Gasteiger partial charge < -0.3 is 14.7 Å². The minimum absolute atomic E-state index is 0.0101. The number of carbonyl (C=O) groups is 1. The third-order valence-corrected chi connectivity index (χ3v) is 10.3. The Bertz CT molecular complexity index is 1380. The van der Waals surface area contributed by atoms with Crippen LogP contribution in [-0.4, -0.2) is 72.8 Å². The van der Waals surface area contributed by atoms with Crippen LogP contribution < -0.4 is 9.64 Å². The number of fused-ring (bicyclic) bond motifs is 1. The predicted molar refractivity (Wildman–Crippen MR) is 145 cm³/mol. The largest absolute Gasteiger partial charge is 0.488 e. The van der Waals surface area contributed by atoms with E-state index in [4.69, 9.17) is 4.74 Å². The maximum absolute atomic E-state index is 14.6. The van der Waals surface area contributed by atoms with E-state index in [0.717, 1.165) is 36.0 Å². The molecule has 0 amide bonds. The molecule has 0 radical (unpaired) electrons. The van der Waals surface area contributed by atoms with Gasteiger partial charge in [0, 0.05) is 55.9 Å². The molecule has 1 aliphatic heterocycles. The van der Waals surface area contributed by atoms with E-state index in [2.05, 4.69) is 0 Å². The minimum Gasteiger partial charge on any atom is -0.488 e. The lowest BCUT2D eigenvalue weighted by atomic mass is 9.94. The number of hydrogen-bond acceptors (Lipinski definition) is 6. The summed E-state index contributed by atoms with van der Waals surface area (Å²) < 4.78 is 104. The first-order chi connectivity index (χ1) is 18.9. The zero-order valence-electron chi connectivity index (χ0n) is 22.6. The molecule has 2 aromatic carbocycles. The summed E-state index contributed by atoms with van der Waals surface area (Å²) in [6.45, 7) is 0.584. The summed E-state index contributed by atoms with van der Waals surface area (Å²) in [5, 5.41) is 8.63. The molecule has 2 aliphatic rings. The van der Waals surface area contributed by atoms with E-state index in [-0.39, 0.29) is 34.2 Å². The molecule has 1 fully saturated rings. The first kappa shape index (κ1) is 31.4. The number of aliphatic carboxylic acids is 1. The summed E-state index contributed by atoms with van der Waals surface area (Å²) in [6, 6.07) is 10.4. The number of benzene rings is 2. The molecule has 41 heavy (non-hydrogen) atoms. The Morgan fingerprint density at radius 3 is 2.34 bits per heavy atom. The average molecular weight is 623 g/mol. The highest BCUT2D eigenvalue weighted by Gasteiger charge is 2.46. The summed E-state index contributed by atoms with van der Waals surface area (Å²) in [4.78, 5) is 12.9. The van der Waals surface area contributed by atoms with Crippen molar-refractivity contribution in [3.05, 3.63) is 42.5 Å². The van der Waals surface area contributed by atoms with Gasteiger partial charge in [-0.05, 0) is 38.5 Å². The van der Waals surface area contributed by atoms with Crippen LogP contribution in [0.1, 0.15) is 39.5 Å². The predicted octanol–water partition coefficient (Wildman–Crippen LogP) is 6.34. The van der Waals surface area contributed by atoms with Crippen LogP contribution in [0.15, 0.2) is 52.3 Å². The first-order valence-electron chi connectivity index (χ1n) is 12.9. The van der Waals surface area contributed by atoms with E-state index in [1.165, 1.54) is 13.1 Å². The van der Waals surface area contributed by atoms with Crippen LogP contribution in [0.2, 0.25) is 0 Å². The molecule has 226 valence electrons. The van der Waals surface area contributed by atoms with Gasteiger partial charge in [-0.2, -0.15) is 4.31 Å². The second-order valence-electron chi connectivity index (χ2n) is 10.8. The molecule has 0 bridgehead atoms. The van der Waals surface area contributed by atoms with Crippen molar-refractivity contribution in [3.63, 3.8) is 0 Å². The van der Waals surface area contributed by atoms with Crippen molar-refractivity contribution in [3.8, 4) is 5.75 Å². The monoisotopic (exact) mass is 622 g/mol. The molecule has 2 aromatic rings. The van der Waals surface area contributed by atoms with Crippen molar-refractivity contribution in [2.45, 2.75) is 78.1 Å². The Labute approximate surface area is 239 Å². The average Bonchev–Trinajstić information content (AvgIpc) is 2.93. The lowest BCUT2D eigenvalue weighted by Crippen LogP contribution is -2.41. The van der Waals surface area contributed by atoms with Crippen LogP contribution in [0, 0.1) is 0 Å². The van der Waals surface area contributed by atoms with E-state index in [1.54, 1.807) is 35.2 Å². The Balaban J connectivity index is 1.85. The smallest absolute Gasteiger partial charge is 0.344 e. The van der Waals surface area contributed by atoms with Gasteiger partial charge >= 0.3 is 5.97 Å². The number of rotatable bonds is 10. The highest BCUT2D eigenvalue weighted by Crippen LogP contribution is 2.51. The second-order valence-corrected chi connectivity index (χ2v) is 14.1. The van der Waals surface area contributed by atoms with E-state index >= 15 is 0 Å². The van der Waals surface area contributed by atoms with Gasteiger partial charge in [-0.1, -0.05) is 18.2 Å². The van der Waals surface area contributed by atoms with Gasteiger partial charge in [0.05, 0.1) is 10.6 Å². The molecule has 1 aliphatic carbocycles. The number of ether oxygens (including phenoxy) is 1. The molecule has 1 heterocycles.